The molecule has 0 saturated carbocycles. The summed E-state index contributed by atoms with van der Waals surface area (Å²) in [5, 5.41) is 12.9. The van der Waals surface area contributed by atoms with Gasteiger partial charge < -0.3 is 5.11 Å². The van der Waals surface area contributed by atoms with E-state index < -0.39 is 5.97 Å². The zero-order valence-electron chi connectivity index (χ0n) is 8.70. The van der Waals surface area contributed by atoms with Crippen molar-refractivity contribution in [2.75, 3.05) is 0 Å². The van der Waals surface area contributed by atoms with Crippen LogP contribution >= 0.6 is 11.3 Å². The van der Waals surface area contributed by atoms with Crippen molar-refractivity contribution in [2.24, 2.45) is 0 Å². The SMILES string of the molecule is O=C(O)c1ccc2c(c1)ncn2-c1ccsc1. The molecule has 0 fully saturated rings. The molecule has 0 radical (unpaired) electrons. The molecular weight excluding hydrogens is 236 g/mol. The first-order valence-corrected chi connectivity index (χ1v) is 5.93. The number of aromatic carboxylic acids is 1. The number of hydrogen-bond donors (Lipinski definition) is 1. The molecular formula is C12H8N2O2S. The third-order valence-electron chi connectivity index (χ3n) is 2.58. The molecule has 4 nitrogen and oxygen atoms in total. The van der Waals surface area contributed by atoms with Crippen molar-refractivity contribution in [1.82, 2.24) is 9.55 Å². The first kappa shape index (κ1) is 10.0. The number of carboxylic acids is 1. The molecule has 17 heavy (non-hydrogen) atoms. The maximum absolute atomic E-state index is 10.8. The van der Waals surface area contributed by atoms with Gasteiger partial charge in [0, 0.05) is 5.38 Å². The van der Waals surface area contributed by atoms with Crippen LogP contribution in [0.1, 0.15) is 10.4 Å². The van der Waals surface area contributed by atoms with Gasteiger partial charge in [-0.25, -0.2) is 9.78 Å². The van der Waals surface area contributed by atoms with E-state index in [1.165, 1.54) is 0 Å². The summed E-state index contributed by atoms with van der Waals surface area (Å²) >= 11 is 1.61. The molecule has 3 rings (SSSR count). The number of fused-ring (bicyclic) bond motifs is 1. The van der Waals surface area contributed by atoms with Gasteiger partial charge in [-0.1, -0.05) is 0 Å². The highest BCUT2D eigenvalue weighted by atomic mass is 32.1. The van der Waals surface area contributed by atoms with Crippen LogP contribution in [-0.4, -0.2) is 20.6 Å². The van der Waals surface area contributed by atoms with E-state index in [4.69, 9.17) is 5.11 Å². The fourth-order valence-corrected chi connectivity index (χ4v) is 2.37. The van der Waals surface area contributed by atoms with Crippen molar-refractivity contribution in [3.05, 3.63) is 46.9 Å². The molecule has 5 heteroatoms. The number of imidazole rings is 1. The molecule has 0 aliphatic heterocycles. The maximum atomic E-state index is 10.8. The summed E-state index contributed by atoms with van der Waals surface area (Å²) in [6.07, 6.45) is 1.71. The fraction of sp³-hybridized carbons (Fsp3) is 0. The predicted octanol–water partition coefficient (Wildman–Crippen LogP) is 2.79. The monoisotopic (exact) mass is 244 g/mol. The van der Waals surface area contributed by atoms with E-state index in [1.54, 1.807) is 35.9 Å². The first-order chi connectivity index (χ1) is 8.25. The van der Waals surface area contributed by atoms with Crippen LogP contribution in [0.2, 0.25) is 0 Å². The van der Waals surface area contributed by atoms with Gasteiger partial charge in [-0.2, -0.15) is 11.3 Å². The van der Waals surface area contributed by atoms with Crippen molar-refractivity contribution in [1.29, 1.82) is 0 Å². The molecule has 1 aromatic carbocycles. The molecule has 2 heterocycles. The Labute approximate surface area is 101 Å². The topological polar surface area (TPSA) is 55.1 Å². The van der Waals surface area contributed by atoms with E-state index in [2.05, 4.69) is 4.98 Å². The lowest BCUT2D eigenvalue weighted by atomic mass is 10.2. The lowest BCUT2D eigenvalue weighted by Crippen LogP contribution is -1.95. The second kappa shape index (κ2) is 3.71. The van der Waals surface area contributed by atoms with Gasteiger partial charge in [0.25, 0.3) is 0 Å². The van der Waals surface area contributed by atoms with Gasteiger partial charge in [-0.3, -0.25) is 4.57 Å². The van der Waals surface area contributed by atoms with Crippen molar-refractivity contribution in [3.8, 4) is 5.69 Å². The molecule has 0 bridgehead atoms. The maximum Gasteiger partial charge on any atom is 0.335 e. The molecule has 0 amide bonds. The number of hydrogen-bond acceptors (Lipinski definition) is 3. The number of nitrogens with zero attached hydrogens (tertiary/aromatic N) is 2. The Morgan fingerprint density at radius 1 is 1.35 bits per heavy atom. The van der Waals surface area contributed by atoms with Gasteiger partial charge in [0.05, 0.1) is 22.3 Å². The largest absolute Gasteiger partial charge is 0.478 e. The minimum absolute atomic E-state index is 0.257. The highest BCUT2D eigenvalue weighted by molar-refractivity contribution is 7.08. The standard InChI is InChI=1S/C12H8N2O2S/c15-12(16)8-1-2-11-10(5-8)13-7-14(11)9-3-4-17-6-9/h1-7H,(H,15,16). The van der Waals surface area contributed by atoms with E-state index in [-0.39, 0.29) is 5.56 Å². The lowest BCUT2D eigenvalue weighted by molar-refractivity contribution is 0.0697. The quantitative estimate of drug-likeness (QED) is 0.754. The second-order valence-electron chi connectivity index (χ2n) is 3.60. The smallest absolute Gasteiger partial charge is 0.335 e. The van der Waals surface area contributed by atoms with Crippen LogP contribution in [0.5, 0.6) is 0 Å². The van der Waals surface area contributed by atoms with Gasteiger partial charge in [0.15, 0.2) is 0 Å². The number of carboxylic acid groups (broad SMARTS) is 1. The third-order valence-corrected chi connectivity index (χ3v) is 3.25. The fourth-order valence-electron chi connectivity index (χ4n) is 1.75. The zero-order chi connectivity index (χ0) is 11.8. The number of thiophene rings is 1. The molecule has 1 N–H and O–H groups in total. The van der Waals surface area contributed by atoms with Crippen molar-refractivity contribution < 1.29 is 9.90 Å². The van der Waals surface area contributed by atoms with Crippen molar-refractivity contribution in [3.63, 3.8) is 0 Å². The van der Waals surface area contributed by atoms with Crippen LogP contribution in [0.4, 0.5) is 0 Å². The molecule has 84 valence electrons. The second-order valence-corrected chi connectivity index (χ2v) is 4.38. The Bertz CT molecular complexity index is 686. The molecule has 0 atom stereocenters. The molecule has 3 aromatic rings. The zero-order valence-corrected chi connectivity index (χ0v) is 9.52. The Balaban J connectivity index is 2.21. The van der Waals surface area contributed by atoms with E-state index in [9.17, 15) is 4.79 Å². The lowest BCUT2D eigenvalue weighted by Gasteiger charge is -2.00. The molecule has 0 saturated heterocycles. The Hall–Kier alpha value is -2.14. The highest BCUT2D eigenvalue weighted by Crippen LogP contribution is 2.20. The number of benzene rings is 1. The van der Waals surface area contributed by atoms with Crippen LogP contribution in [0.25, 0.3) is 16.7 Å². The van der Waals surface area contributed by atoms with E-state index in [1.807, 2.05) is 21.4 Å². The van der Waals surface area contributed by atoms with Crippen LogP contribution < -0.4 is 0 Å². The average molecular weight is 244 g/mol. The van der Waals surface area contributed by atoms with Crippen molar-refractivity contribution >= 4 is 28.3 Å². The minimum atomic E-state index is -0.933. The summed E-state index contributed by atoms with van der Waals surface area (Å²) in [6, 6.07) is 6.95. The Morgan fingerprint density at radius 3 is 2.94 bits per heavy atom. The van der Waals surface area contributed by atoms with Crippen LogP contribution in [0.3, 0.4) is 0 Å². The third kappa shape index (κ3) is 1.60. The molecule has 0 aliphatic rings. The van der Waals surface area contributed by atoms with E-state index >= 15 is 0 Å². The Kier molecular flexibility index (Phi) is 2.19. The number of carbonyl (C=O) groups is 1. The Morgan fingerprint density at radius 2 is 2.24 bits per heavy atom. The summed E-state index contributed by atoms with van der Waals surface area (Å²) in [5.41, 5.74) is 2.90. The number of aromatic nitrogens is 2. The van der Waals surface area contributed by atoms with Crippen LogP contribution in [-0.2, 0) is 0 Å². The van der Waals surface area contributed by atoms with Crippen LogP contribution in [0.15, 0.2) is 41.4 Å². The van der Waals surface area contributed by atoms with Gasteiger partial charge in [-0.05, 0) is 29.6 Å². The molecule has 0 unspecified atom stereocenters. The molecule has 2 aromatic heterocycles. The first-order valence-electron chi connectivity index (χ1n) is 4.99. The van der Waals surface area contributed by atoms with Crippen molar-refractivity contribution in [2.45, 2.75) is 0 Å². The van der Waals surface area contributed by atoms with Gasteiger partial charge in [-0.15, -0.1) is 0 Å². The van der Waals surface area contributed by atoms with Crippen LogP contribution in [0, 0.1) is 0 Å². The number of rotatable bonds is 2. The minimum Gasteiger partial charge on any atom is -0.478 e. The highest BCUT2D eigenvalue weighted by Gasteiger charge is 2.08. The van der Waals surface area contributed by atoms with Gasteiger partial charge in [0.2, 0.25) is 0 Å². The normalized spacial score (nSPS) is 10.8. The summed E-state index contributed by atoms with van der Waals surface area (Å²) in [6.45, 7) is 0. The molecule has 0 spiro atoms. The summed E-state index contributed by atoms with van der Waals surface area (Å²) in [4.78, 5) is 15.1. The van der Waals surface area contributed by atoms with E-state index in [0.29, 0.717) is 5.52 Å². The van der Waals surface area contributed by atoms with Gasteiger partial charge >= 0.3 is 5.97 Å². The predicted molar refractivity (Wildman–Crippen MR) is 65.9 cm³/mol. The summed E-state index contributed by atoms with van der Waals surface area (Å²) in [5.74, 6) is -0.933. The van der Waals surface area contributed by atoms with E-state index in [0.717, 1.165) is 11.2 Å². The average Bonchev–Trinajstić information content (AvgIpc) is 2.96. The summed E-state index contributed by atoms with van der Waals surface area (Å²) < 4.78 is 1.94. The summed E-state index contributed by atoms with van der Waals surface area (Å²) in [7, 11) is 0. The molecule has 0 aliphatic carbocycles. The van der Waals surface area contributed by atoms with Gasteiger partial charge in [0.1, 0.15) is 6.33 Å².